The van der Waals surface area contributed by atoms with Crippen LogP contribution >= 0.6 is 12.2 Å². The van der Waals surface area contributed by atoms with Gasteiger partial charge in [0.15, 0.2) is 16.6 Å². The van der Waals surface area contributed by atoms with Gasteiger partial charge in [0.1, 0.15) is 0 Å². The third-order valence-corrected chi connectivity index (χ3v) is 4.19. The average Bonchev–Trinajstić information content (AvgIpc) is 2.62. The van der Waals surface area contributed by atoms with Gasteiger partial charge in [-0.15, -0.1) is 0 Å². The minimum absolute atomic E-state index is 0.535. The first-order valence-electron chi connectivity index (χ1n) is 7.89. The number of ether oxygens (including phenoxy) is 3. The standard InChI is InChI=1S/C19H24N2O3S/c1-12-6-7-15(8-13(12)2)21-19(25)20-11-14-9-16(22-3)18(24-5)17(10-14)23-4/h6-10H,11H2,1-5H3,(H2,20,21,25). The summed E-state index contributed by atoms with van der Waals surface area (Å²) < 4.78 is 16.1. The van der Waals surface area contributed by atoms with Crippen LogP contribution in [0.1, 0.15) is 16.7 Å². The van der Waals surface area contributed by atoms with Gasteiger partial charge in [0.25, 0.3) is 0 Å². The number of methoxy groups -OCH3 is 3. The molecule has 0 atom stereocenters. The molecule has 6 heteroatoms. The zero-order valence-corrected chi connectivity index (χ0v) is 16.0. The molecule has 0 radical (unpaired) electrons. The summed E-state index contributed by atoms with van der Waals surface area (Å²) in [5.74, 6) is 1.81. The molecule has 0 aliphatic heterocycles. The first-order chi connectivity index (χ1) is 12.0. The van der Waals surface area contributed by atoms with Gasteiger partial charge in [-0.05, 0) is 67.0 Å². The van der Waals surface area contributed by atoms with Crippen molar-refractivity contribution in [2.75, 3.05) is 26.6 Å². The van der Waals surface area contributed by atoms with E-state index < -0.39 is 0 Å². The zero-order chi connectivity index (χ0) is 18.4. The lowest BCUT2D eigenvalue weighted by Crippen LogP contribution is -2.27. The average molecular weight is 360 g/mol. The second-order valence-electron chi connectivity index (χ2n) is 5.64. The van der Waals surface area contributed by atoms with Gasteiger partial charge >= 0.3 is 0 Å². The Balaban J connectivity index is 2.04. The van der Waals surface area contributed by atoms with Crippen LogP contribution in [0.3, 0.4) is 0 Å². The van der Waals surface area contributed by atoms with Crippen molar-refractivity contribution in [2.24, 2.45) is 0 Å². The van der Waals surface area contributed by atoms with E-state index in [2.05, 4.69) is 36.6 Å². The second kappa shape index (κ2) is 8.58. The summed E-state index contributed by atoms with van der Waals surface area (Å²) in [4.78, 5) is 0. The molecule has 5 nitrogen and oxygen atoms in total. The summed E-state index contributed by atoms with van der Waals surface area (Å²) in [6.45, 7) is 4.69. The van der Waals surface area contributed by atoms with E-state index >= 15 is 0 Å². The molecule has 0 fully saturated rings. The Kier molecular flexibility index (Phi) is 6.47. The van der Waals surface area contributed by atoms with Crippen LogP contribution in [0, 0.1) is 13.8 Å². The molecular weight excluding hydrogens is 336 g/mol. The number of hydrogen-bond donors (Lipinski definition) is 2. The van der Waals surface area contributed by atoms with Crippen LogP contribution in [0.5, 0.6) is 17.2 Å². The topological polar surface area (TPSA) is 51.8 Å². The van der Waals surface area contributed by atoms with E-state index in [0.29, 0.717) is 28.9 Å². The predicted molar refractivity (Wildman–Crippen MR) is 105 cm³/mol. The van der Waals surface area contributed by atoms with Gasteiger partial charge in [-0.3, -0.25) is 0 Å². The molecule has 2 aromatic carbocycles. The quantitative estimate of drug-likeness (QED) is 0.764. The summed E-state index contributed by atoms with van der Waals surface area (Å²) in [5.41, 5.74) is 4.41. The molecule has 2 rings (SSSR count). The zero-order valence-electron chi connectivity index (χ0n) is 15.2. The number of nitrogens with one attached hydrogen (secondary N) is 2. The van der Waals surface area contributed by atoms with Gasteiger partial charge in [-0.1, -0.05) is 6.07 Å². The minimum atomic E-state index is 0.535. The molecule has 0 spiro atoms. The fourth-order valence-electron chi connectivity index (χ4n) is 2.41. The fourth-order valence-corrected chi connectivity index (χ4v) is 2.60. The minimum Gasteiger partial charge on any atom is -0.493 e. The van der Waals surface area contributed by atoms with Crippen molar-refractivity contribution < 1.29 is 14.2 Å². The lowest BCUT2D eigenvalue weighted by molar-refractivity contribution is 0.323. The highest BCUT2D eigenvalue weighted by Crippen LogP contribution is 2.38. The number of benzene rings is 2. The van der Waals surface area contributed by atoms with Crippen LogP contribution in [-0.2, 0) is 6.54 Å². The molecule has 0 saturated heterocycles. The number of thiocarbonyl (C=S) groups is 1. The van der Waals surface area contributed by atoms with E-state index in [1.807, 2.05) is 18.2 Å². The van der Waals surface area contributed by atoms with Crippen LogP contribution in [0.25, 0.3) is 0 Å². The van der Waals surface area contributed by atoms with E-state index in [-0.39, 0.29) is 0 Å². The molecular formula is C19H24N2O3S. The molecule has 0 saturated carbocycles. The Hall–Kier alpha value is -2.47. The van der Waals surface area contributed by atoms with E-state index in [0.717, 1.165) is 11.3 Å². The lowest BCUT2D eigenvalue weighted by atomic mass is 10.1. The van der Waals surface area contributed by atoms with Crippen LogP contribution < -0.4 is 24.8 Å². The summed E-state index contributed by atoms with van der Waals surface area (Å²) >= 11 is 5.37. The molecule has 134 valence electrons. The number of anilines is 1. The maximum Gasteiger partial charge on any atom is 0.203 e. The van der Waals surface area contributed by atoms with Crippen molar-refractivity contribution in [1.82, 2.24) is 5.32 Å². The van der Waals surface area contributed by atoms with Gasteiger partial charge in [-0.25, -0.2) is 0 Å². The smallest absolute Gasteiger partial charge is 0.203 e. The Morgan fingerprint density at radius 1 is 0.920 bits per heavy atom. The summed E-state index contributed by atoms with van der Waals surface area (Å²) in [6, 6.07) is 9.94. The van der Waals surface area contributed by atoms with Crippen molar-refractivity contribution >= 4 is 23.0 Å². The van der Waals surface area contributed by atoms with Crippen LogP contribution in [0.2, 0.25) is 0 Å². The van der Waals surface area contributed by atoms with Crippen molar-refractivity contribution in [1.29, 1.82) is 0 Å². The highest BCUT2D eigenvalue weighted by Gasteiger charge is 2.13. The maximum absolute atomic E-state index is 5.37. The van der Waals surface area contributed by atoms with Crippen molar-refractivity contribution in [3.63, 3.8) is 0 Å². The Labute approximate surface area is 154 Å². The molecule has 0 aromatic heterocycles. The Morgan fingerprint density at radius 2 is 1.56 bits per heavy atom. The normalized spacial score (nSPS) is 10.1. The molecule has 2 aromatic rings. The van der Waals surface area contributed by atoms with E-state index in [1.165, 1.54) is 11.1 Å². The molecule has 0 aliphatic carbocycles. The predicted octanol–water partition coefficient (Wildman–Crippen LogP) is 3.82. The Morgan fingerprint density at radius 3 is 2.08 bits per heavy atom. The molecule has 2 N–H and O–H groups in total. The SMILES string of the molecule is COc1cc(CNC(=S)Nc2ccc(C)c(C)c2)cc(OC)c1OC. The second-order valence-corrected chi connectivity index (χ2v) is 6.05. The van der Waals surface area contributed by atoms with Gasteiger partial charge in [0, 0.05) is 12.2 Å². The van der Waals surface area contributed by atoms with Crippen molar-refractivity contribution in [3.05, 3.63) is 47.0 Å². The largest absolute Gasteiger partial charge is 0.493 e. The number of hydrogen-bond acceptors (Lipinski definition) is 4. The van der Waals surface area contributed by atoms with Crippen LogP contribution in [0.4, 0.5) is 5.69 Å². The molecule has 0 heterocycles. The molecule has 0 bridgehead atoms. The van der Waals surface area contributed by atoms with E-state index in [9.17, 15) is 0 Å². The first kappa shape index (κ1) is 18.9. The van der Waals surface area contributed by atoms with Crippen LogP contribution in [0.15, 0.2) is 30.3 Å². The molecule has 25 heavy (non-hydrogen) atoms. The summed E-state index contributed by atoms with van der Waals surface area (Å²) in [6.07, 6.45) is 0. The molecule has 0 aliphatic rings. The van der Waals surface area contributed by atoms with Gasteiger partial charge < -0.3 is 24.8 Å². The van der Waals surface area contributed by atoms with Crippen molar-refractivity contribution in [3.8, 4) is 17.2 Å². The Bertz CT molecular complexity index is 737. The van der Waals surface area contributed by atoms with E-state index in [1.54, 1.807) is 21.3 Å². The lowest BCUT2D eigenvalue weighted by Gasteiger charge is -2.15. The van der Waals surface area contributed by atoms with Gasteiger partial charge in [0.2, 0.25) is 5.75 Å². The number of aryl methyl sites for hydroxylation is 2. The third-order valence-electron chi connectivity index (χ3n) is 3.94. The molecule has 0 unspecified atom stereocenters. The summed E-state index contributed by atoms with van der Waals surface area (Å²) in [7, 11) is 4.78. The van der Waals surface area contributed by atoms with E-state index in [4.69, 9.17) is 26.4 Å². The molecule has 0 amide bonds. The monoisotopic (exact) mass is 360 g/mol. The summed E-state index contributed by atoms with van der Waals surface area (Å²) in [5, 5.41) is 6.94. The first-order valence-corrected chi connectivity index (χ1v) is 8.30. The van der Waals surface area contributed by atoms with Crippen LogP contribution in [-0.4, -0.2) is 26.4 Å². The highest BCUT2D eigenvalue weighted by molar-refractivity contribution is 7.80. The third kappa shape index (κ3) is 4.76. The maximum atomic E-state index is 5.37. The fraction of sp³-hybridized carbons (Fsp3) is 0.316. The van der Waals surface area contributed by atoms with Gasteiger partial charge in [0.05, 0.1) is 21.3 Å². The van der Waals surface area contributed by atoms with Crippen molar-refractivity contribution in [2.45, 2.75) is 20.4 Å². The number of rotatable bonds is 6. The highest BCUT2D eigenvalue weighted by atomic mass is 32.1. The van der Waals surface area contributed by atoms with Gasteiger partial charge in [-0.2, -0.15) is 0 Å².